The van der Waals surface area contributed by atoms with Crippen molar-refractivity contribution in [2.45, 2.75) is 6.92 Å². The van der Waals surface area contributed by atoms with E-state index < -0.39 is 0 Å². The standard InChI is InChI=1S/C16H12N4O/c1-10-6-8-11(9-7-10)14-12-4-2-3-5-13(12)21-15(14)16-17-19-20-18-16/h2-9H,1H3,(H,17,18,19,20). The highest BCUT2D eigenvalue weighted by molar-refractivity contribution is 6.00. The third-order valence-corrected chi connectivity index (χ3v) is 3.48. The number of rotatable bonds is 2. The Morgan fingerprint density at radius 1 is 1.00 bits per heavy atom. The maximum atomic E-state index is 5.94. The van der Waals surface area contributed by atoms with Crippen LogP contribution in [0.4, 0.5) is 0 Å². The first kappa shape index (κ1) is 11.8. The molecule has 2 aromatic carbocycles. The van der Waals surface area contributed by atoms with Gasteiger partial charge in [0.15, 0.2) is 5.76 Å². The smallest absolute Gasteiger partial charge is 0.240 e. The molecule has 0 spiro atoms. The fourth-order valence-electron chi connectivity index (χ4n) is 2.47. The fraction of sp³-hybridized carbons (Fsp3) is 0.0625. The molecule has 2 heterocycles. The molecule has 2 aromatic heterocycles. The van der Waals surface area contributed by atoms with Crippen LogP contribution in [0.5, 0.6) is 0 Å². The zero-order valence-corrected chi connectivity index (χ0v) is 11.4. The maximum absolute atomic E-state index is 5.94. The van der Waals surface area contributed by atoms with Crippen molar-refractivity contribution in [3.05, 3.63) is 54.1 Å². The van der Waals surface area contributed by atoms with E-state index in [9.17, 15) is 0 Å². The van der Waals surface area contributed by atoms with E-state index in [1.54, 1.807) is 0 Å². The zero-order chi connectivity index (χ0) is 14.2. The van der Waals surface area contributed by atoms with Crippen LogP contribution in [0.3, 0.4) is 0 Å². The molecule has 0 amide bonds. The van der Waals surface area contributed by atoms with Crippen molar-refractivity contribution in [1.82, 2.24) is 20.6 Å². The number of H-pyrrole nitrogens is 1. The van der Waals surface area contributed by atoms with Crippen molar-refractivity contribution < 1.29 is 4.42 Å². The highest BCUT2D eigenvalue weighted by atomic mass is 16.3. The highest BCUT2D eigenvalue weighted by Gasteiger charge is 2.20. The SMILES string of the molecule is Cc1ccc(-c2c(-c3nn[nH]n3)oc3ccccc23)cc1. The molecule has 0 aliphatic heterocycles. The Morgan fingerprint density at radius 3 is 2.57 bits per heavy atom. The van der Waals surface area contributed by atoms with Crippen LogP contribution in [0.1, 0.15) is 5.56 Å². The number of aryl methyl sites for hydroxylation is 1. The van der Waals surface area contributed by atoms with Gasteiger partial charge in [-0.2, -0.15) is 5.21 Å². The monoisotopic (exact) mass is 276 g/mol. The Morgan fingerprint density at radius 2 is 1.81 bits per heavy atom. The predicted molar refractivity (Wildman–Crippen MR) is 79.6 cm³/mol. The van der Waals surface area contributed by atoms with Gasteiger partial charge in [0.05, 0.1) is 0 Å². The molecule has 0 atom stereocenters. The zero-order valence-electron chi connectivity index (χ0n) is 11.4. The molecule has 0 saturated carbocycles. The Balaban J connectivity index is 2.05. The lowest BCUT2D eigenvalue weighted by Crippen LogP contribution is -1.84. The van der Waals surface area contributed by atoms with E-state index in [4.69, 9.17) is 4.42 Å². The minimum atomic E-state index is 0.460. The van der Waals surface area contributed by atoms with Crippen molar-refractivity contribution in [3.8, 4) is 22.7 Å². The van der Waals surface area contributed by atoms with Gasteiger partial charge in [0.25, 0.3) is 0 Å². The minimum absolute atomic E-state index is 0.460. The van der Waals surface area contributed by atoms with Gasteiger partial charge in [0, 0.05) is 10.9 Å². The van der Waals surface area contributed by atoms with Gasteiger partial charge in [-0.25, -0.2) is 0 Å². The van der Waals surface area contributed by atoms with Crippen LogP contribution in [0, 0.1) is 6.92 Å². The molecule has 0 fully saturated rings. The topological polar surface area (TPSA) is 67.6 Å². The summed E-state index contributed by atoms with van der Waals surface area (Å²) in [6, 6.07) is 16.2. The van der Waals surface area contributed by atoms with Crippen LogP contribution in [0.15, 0.2) is 52.9 Å². The second-order valence-corrected chi connectivity index (χ2v) is 4.90. The van der Waals surface area contributed by atoms with E-state index in [2.05, 4.69) is 51.8 Å². The van der Waals surface area contributed by atoms with Crippen molar-refractivity contribution in [1.29, 1.82) is 0 Å². The molecule has 0 radical (unpaired) electrons. The second kappa shape index (κ2) is 4.56. The average molecular weight is 276 g/mol. The molecule has 1 N–H and O–H groups in total. The van der Waals surface area contributed by atoms with Crippen LogP contribution in [0.2, 0.25) is 0 Å². The summed E-state index contributed by atoms with van der Waals surface area (Å²) >= 11 is 0. The number of nitrogens with one attached hydrogen (secondary N) is 1. The molecular weight excluding hydrogens is 264 g/mol. The molecule has 4 rings (SSSR count). The molecule has 0 aliphatic carbocycles. The molecule has 102 valence electrons. The van der Waals surface area contributed by atoms with Gasteiger partial charge in [-0.1, -0.05) is 48.0 Å². The number of tetrazole rings is 1. The summed E-state index contributed by atoms with van der Waals surface area (Å²) in [6.45, 7) is 2.07. The average Bonchev–Trinajstić information content (AvgIpc) is 3.15. The van der Waals surface area contributed by atoms with Crippen LogP contribution >= 0.6 is 0 Å². The largest absolute Gasteiger partial charge is 0.452 e. The highest BCUT2D eigenvalue weighted by Crippen LogP contribution is 2.39. The molecule has 0 bridgehead atoms. The quantitative estimate of drug-likeness (QED) is 0.607. The summed E-state index contributed by atoms with van der Waals surface area (Å²) in [5.74, 6) is 1.09. The van der Waals surface area contributed by atoms with E-state index in [-0.39, 0.29) is 0 Å². The number of hydrogen-bond acceptors (Lipinski definition) is 4. The Bertz CT molecular complexity index is 892. The normalized spacial score (nSPS) is 11.1. The van der Waals surface area contributed by atoms with Crippen molar-refractivity contribution in [2.24, 2.45) is 0 Å². The lowest BCUT2D eigenvalue weighted by atomic mass is 10.0. The Kier molecular flexibility index (Phi) is 2.57. The number of nitrogens with zero attached hydrogens (tertiary/aromatic N) is 3. The lowest BCUT2D eigenvalue weighted by Gasteiger charge is -2.01. The predicted octanol–water partition coefficient (Wildman–Crippen LogP) is 3.59. The van der Waals surface area contributed by atoms with Crippen LogP contribution in [-0.2, 0) is 0 Å². The number of aromatic amines is 1. The molecule has 5 nitrogen and oxygen atoms in total. The number of hydrogen-bond donors (Lipinski definition) is 1. The summed E-state index contributed by atoms with van der Waals surface area (Å²) in [6.07, 6.45) is 0. The third-order valence-electron chi connectivity index (χ3n) is 3.48. The van der Waals surface area contributed by atoms with E-state index in [0.29, 0.717) is 11.6 Å². The van der Waals surface area contributed by atoms with Crippen LogP contribution in [0.25, 0.3) is 33.7 Å². The molecule has 0 saturated heterocycles. The van der Waals surface area contributed by atoms with Crippen molar-refractivity contribution in [3.63, 3.8) is 0 Å². The second-order valence-electron chi connectivity index (χ2n) is 4.90. The van der Waals surface area contributed by atoms with Gasteiger partial charge >= 0.3 is 0 Å². The lowest BCUT2D eigenvalue weighted by molar-refractivity contribution is 0.626. The summed E-state index contributed by atoms with van der Waals surface area (Å²) in [5, 5.41) is 15.2. The van der Waals surface area contributed by atoms with E-state index in [0.717, 1.165) is 22.1 Å². The van der Waals surface area contributed by atoms with Crippen molar-refractivity contribution in [2.75, 3.05) is 0 Å². The molecule has 21 heavy (non-hydrogen) atoms. The third kappa shape index (κ3) is 1.90. The van der Waals surface area contributed by atoms with E-state index in [1.165, 1.54) is 5.56 Å². The molecule has 4 aromatic rings. The van der Waals surface area contributed by atoms with E-state index in [1.807, 2.05) is 24.3 Å². The van der Waals surface area contributed by atoms with Gasteiger partial charge in [0.2, 0.25) is 5.82 Å². The van der Waals surface area contributed by atoms with Gasteiger partial charge in [-0.05, 0) is 23.8 Å². The molecule has 0 unspecified atom stereocenters. The first-order valence-electron chi connectivity index (χ1n) is 6.65. The molecule has 5 heteroatoms. The Labute approximate surface area is 120 Å². The van der Waals surface area contributed by atoms with Gasteiger partial charge in [-0.15, -0.1) is 10.2 Å². The van der Waals surface area contributed by atoms with Gasteiger partial charge in [0.1, 0.15) is 5.58 Å². The number of furan rings is 1. The molecule has 0 aliphatic rings. The molecular formula is C16H12N4O. The maximum Gasteiger partial charge on any atom is 0.240 e. The number of aromatic nitrogens is 4. The fourth-order valence-corrected chi connectivity index (χ4v) is 2.47. The summed E-state index contributed by atoms with van der Waals surface area (Å²) in [7, 11) is 0. The summed E-state index contributed by atoms with van der Waals surface area (Å²) in [4.78, 5) is 0. The summed E-state index contributed by atoms with van der Waals surface area (Å²) in [5.41, 5.74) is 4.10. The van der Waals surface area contributed by atoms with Crippen LogP contribution < -0.4 is 0 Å². The number of para-hydroxylation sites is 1. The minimum Gasteiger partial charge on any atom is -0.452 e. The Hall–Kier alpha value is -2.95. The first-order chi connectivity index (χ1) is 10.3. The van der Waals surface area contributed by atoms with Gasteiger partial charge in [-0.3, -0.25) is 0 Å². The summed E-state index contributed by atoms with van der Waals surface area (Å²) < 4.78 is 5.94. The number of benzene rings is 2. The van der Waals surface area contributed by atoms with Crippen LogP contribution in [-0.4, -0.2) is 20.6 Å². The van der Waals surface area contributed by atoms with Crippen molar-refractivity contribution >= 4 is 11.0 Å². The van der Waals surface area contributed by atoms with E-state index >= 15 is 0 Å². The first-order valence-corrected chi connectivity index (χ1v) is 6.65. The van der Waals surface area contributed by atoms with Gasteiger partial charge < -0.3 is 4.42 Å². The number of fused-ring (bicyclic) bond motifs is 1.